The number of rotatable bonds is 7. The molecule has 2 heterocycles. The normalized spacial score (nSPS) is 14.0. The van der Waals surface area contributed by atoms with E-state index in [0.29, 0.717) is 43.0 Å². The zero-order valence-electron chi connectivity index (χ0n) is 16.9. The number of amides is 1. The van der Waals surface area contributed by atoms with Gasteiger partial charge in [-0.1, -0.05) is 48.2 Å². The summed E-state index contributed by atoms with van der Waals surface area (Å²) in [6, 6.07) is 17.8. The second-order valence-corrected chi connectivity index (χ2v) is 7.85. The van der Waals surface area contributed by atoms with E-state index in [2.05, 4.69) is 10.2 Å². The van der Waals surface area contributed by atoms with E-state index >= 15 is 0 Å². The predicted molar refractivity (Wildman–Crippen MR) is 115 cm³/mol. The summed E-state index contributed by atoms with van der Waals surface area (Å²) in [7, 11) is 0. The average Bonchev–Trinajstić information content (AvgIpc) is 3.21. The Bertz CT molecular complexity index is 987. The third-order valence-corrected chi connectivity index (χ3v) is 5.77. The fraction of sp³-hybridized carbons (Fsp3) is 0.318. The maximum atomic E-state index is 12.5. The molecule has 1 aliphatic heterocycles. The highest BCUT2D eigenvalue weighted by molar-refractivity contribution is 7.99. The molecule has 156 valence electrons. The number of hydrogen-bond donors (Lipinski definition) is 0. The van der Waals surface area contributed by atoms with Crippen LogP contribution in [0.15, 0.2) is 59.8 Å². The van der Waals surface area contributed by atoms with Crippen LogP contribution in [0.3, 0.4) is 0 Å². The zero-order chi connectivity index (χ0) is 20.8. The molecule has 4 rings (SSSR count). The summed E-state index contributed by atoms with van der Waals surface area (Å²) < 4.78 is 13.3. The molecule has 1 aliphatic rings. The van der Waals surface area contributed by atoms with Crippen molar-refractivity contribution in [1.29, 1.82) is 0 Å². The van der Waals surface area contributed by atoms with E-state index in [-0.39, 0.29) is 12.5 Å². The minimum absolute atomic E-state index is 0.0867. The van der Waals surface area contributed by atoms with Gasteiger partial charge in [-0.25, -0.2) is 0 Å². The van der Waals surface area contributed by atoms with E-state index in [1.165, 1.54) is 11.8 Å². The number of morpholine rings is 1. The van der Waals surface area contributed by atoms with Crippen molar-refractivity contribution in [3.8, 4) is 11.4 Å². The number of carbonyl (C=O) groups is 1. The van der Waals surface area contributed by atoms with E-state index in [0.717, 1.165) is 17.0 Å². The number of aromatic nitrogens is 3. The summed E-state index contributed by atoms with van der Waals surface area (Å²) in [6.45, 7) is 4.76. The minimum Gasteiger partial charge on any atom is -0.485 e. The Labute approximate surface area is 180 Å². The molecular weight excluding hydrogens is 400 g/mol. The van der Waals surface area contributed by atoms with Gasteiger partial charge in [0, 0.05) is 18.8 Å². The smallest absolute Gasteiger partial charge is 0.233 e. The van der Waals surface area contributed by atoms with Crippen LogP contribution in [-0.4, -0.2) is 57.6 Å². The maximum absolute atomic E-state index is 12.5. The van der Waals surface area contributed by atoms with Crippen LogP contribution in [0.25, 0.3) is 5.69 Å². The van der Waals surface area contributed by atoms with Gasteiger partial charge in [-0.2, -0.15) is 0 Å². The number of nitrogens with zero attached hydrogens (tertiary/aromatic N) is 4. The van der Waals surface area contributed by atoms with Crippen molar-refractivity contribution in [2.75, 3.05) is 32.1 Å². The molecule has 1 fully saturated rings. The Balaban J connectivity index is 1.52. The van der Waals surface area contributed by atoms with E-state index in [9.17, 15) is 4.79 Å². The Morgan fingerprint density at radius 1 is 1.07 bits per heavy atom. The number of thioether (sulfide) groups is 1. The Morgan fingerprint density at radius 3 is 2.57 bits per heavy atom. The first-order chi connectivity index (χ1) is 14.7. The summed E-state index contributed by atoms with van der Waals surface area (Å²) in [5.74, 6) is 1.90. The van der Waals surface area contributed by atoms with Crippen LogP contribution in [0, 0.1) is 6.92 Å². The first-order valence-corrected chi connectivity index (χ1v) is 10.9. The van der Waals surface area contributed by atoms with E-state index < -0.39 is 0 Å². The molecule has 0 spiro atoms. The number of para-hydroxylation sites is 2. The van der Waals surface area contributed by atoms with Crippen molar-refractivity contribution >= 4 is 17.7 Å². The van der Waals surface area contributed by atoms with Gasteiger partial charge in [-0.15, -0.1) is 10.2 Å². The molecule has 7 nitrogen and oxygen atoms in total. The molecule has 3 aromatic rings. The van der Waals surface area contributed by atoms with Crippen LogP contribution < -0.4 is 4.74 Å². The first kappa shape index (κ1) is 20.4. The quantitative estimate of drug-likeness (QED) is 0.543. The van der Waals surface area contributed by atoms with Gasteiger partial charge in [0.05, 0.1) is 19.0 Å². The molecule has 0 unspecified atom stereocenters. The fourth-order valence-electron chi connectivity index (χ4n) is 3.21. The van der Waals surface area contributed by atoms with Crippen LogP contribution in [0.2, 0.25) is 0 Å². The molecule has 1 amide bonds. The molecule has 0 bridgehead atoms. The van der Waals surface area contributed by atoms with E-state index in [1.54, 1.807) is 0 Å². The first-order valence-electron chi connectivity index (χ1n) is 9.89. The van der Waals surface area contributed by atoms with Gasteiger partial charge in [-0.3, -0.25) is 9.36 Å². The number of ether oxygens (including phenoxy) is 2. The van der Waals surface area contributed by atoms with Crippen LogP contribution >= 0.6 is 11.8 Å². The molecule has 0 saturated carbocycles. The van der Waals surface area contributed by atoms with Gasteiger partial charge in [0.15, 0.2) is 11.0 Å². The third-order valence-electron chi connectivity index (χ3n) is 4.85. The van der Waals surface area contributed by atoms with Gasteiger partial charge < -0.3 is 14.4 Å². The van der Waals surface area contributed by atoms with E-state index in [1.807, 2.05) is 71.0 Å². The molecule has 0 radical (unpaired) electrons. The monoisotopic (exact) mass is 424 g/mol. The summed E-state index contributed by atoms with van der Waals surface area (Å²) in [4.78, 5) is 14.4. The molecule has 0 aliphatic carbocycles. The van der Waals surface area contributed by atoms with Crippen molar-refractivity contribution in [2.24, 2.45) is 0 Å². The standard InChI is InChI=1S/C22H24N4O3S/c1-17-7-5-6-10-19(17)29-15-20-23-24-22(26(20)18-8-3-2-4-9-18)30-16-21(27)25-11-13-28-14-12-25/h2-10H,11-16H2,1H3. The van der Waals surface area contributed by atoms with Gasteiger partial charge in [0.1, 0.15) is 12.4 Å². The number of aryl methyl sites for hydroxylation is 1. The highest BCUT2D eigenvalue weighted by atomic mass is 32.2. The highest BCUT2D eigenvalue weighted by Crippen LogP contribution is 2.24. The Morgan fingerprint density at radius 2 is 1.80 bits per heavy atom. The SMILES string of the molecule is Cc1ccccc1OCc1nnc(SCC(=O)N2CCOCC2)n1-c1ccccc1. The largest absolute Gasteiger partial charge is 0.485 e. The summed E-state index contributed by atoms with van der Waals surface area (Å²) in [5.41, 5.74) is 2.00. The topological polar surface area (TPSA) is 69.5 Å². The molecule has 1 aromatic heterocycles. The molecule has 30 heavy (non-hydrogen) atoms. The average molecular weight is 425 g/mol. The van der Waals surface area contributed by atoms with Gasteiger partial charge >= 0.3 is 0 Å². The zero-order valence-corrected chi connectivity index (χ0v) is 17.7. The van der Waals surface area contributed by atoms with Crippen molar-refractivity contribution in [2.45, 2.75) is 18.7 Å². The molecule has 2 aromatic carbocycles. The lowest BCUT2D eigenvalue weighted by Gasteiger charge is -2.26. The van der Waals surface area contributed by atoms with Gasteiger partial charge in [-0.05, 0) is 30.7 Å². The number of hydrogen-bond acceptors (Lipinski definition) is 6. The third kappa shape index (κ3) is 4.83. The van der Waals surface area contributed by atoms with E-state index in [4.69, 9.17) is 9.47 Å². The highest BCUT2D eigenvalue weighted by Gasteiger charge is 2.20. The number of carbonyl (C=O) groups excluding carboxylic acids is 1. The molecule has 0 atom stereocenters. The summed E-state index contributed by atoms with van der Waals surface area (Å²) in [6.07, 6.45) is 0. The van der Waals surface area contributed by atoms with Crippen LogP contribution in [0.4, 0.5) is 0 Å². The Hall–Kier alpha value is -2.84. The fourth-order valence-corrected chi connectivity index (χ4v) is 4.09. The van der Waals surface area contributed by atoms with Crippen molar-refractivity contribution < 1.29 is 14.3 Å². The number of benzene rings is 2. The maximum Gasteiger partial charge on any atom is 0.233 e. The van der Waals surface area contributed by atoms with Crippen molar-refractivity contribution in [3.63, 3.8) is 0 Å². The minimum atomic E-state index is 0.0867. The van der Waals surface area contributed by atoms with Crippen LogP contribution in [0.1, 0.15) is 11.4 Å². The lowest BCUT2D eigenvalue weighted by molar-refractivity contribution is -0.132. The van der Waals surface area contributed by atoms with Crippen LogP contribution in [0.5, 0.6) is 5.75 Å². The lowest BCUT2D eigenvalue weighted by atomic mass is 10.2. The molecular formula is C22H24N4O3S. The Kier molecular flexibility index (Phi) is 6.66. The summed E-state index contributed by atoms with van der Waals surface area (Å²) >= 11 is 1.39. The molecule has 1 saturated heterocycles. The van der Waals surface area contributed by atoms with Crippen molar-refractivity contribution in [1.82, 2.24) is 19.7 Å². The second kappa shape index (κ2) is 9.77. The van der Waals surface area contributed by atoms with Gasteiger partial charge in [0.25, 0.3) is 0 Å². The van der Waals surface area contributed by atoms with Gasteiger partial charge in [0.2, 0.25) is 5.91 Å². The molecule has 8 heteroatoms. The molecule has 0 N–H and O–H groups in total. The van der Waals surface area contributed by atoms with Crippen molar-refractivity contribution in [3.05, 3.63) is 66.0 Å². The van der Waals surface area contributed by atoms with Crippen LogP contribution in [-0.2, 0) is 16.1 Å². The summed E-state index contributed by atoms with van der Waals surface area (Å²) in [5, 5.41) is 9.37. The lowest BCUT2D eigenvalue weighted by Crippen LogP contribution is -2.41. The predicted octanol–water partition coefficient (Wildman–Crippen LogP) is 3.11. The second-order valence-electron chi connectivity index (χ2n) is 6.91.